The van der Waals surface area contributed by atoms with Crippen LogP contribution in [-0.2, 0) is 14.3 Å². The van der Waals surface area contributed by atoms with Crippen LogP contribution >= 0.6 is 0 Å². The molecule has 0 rings (SSSR count). The molecule has 15 heavy (non-hydrogen) atoms. The number of amides is 1. The van der Waals surface area contributed by atoms with Crippen molar-refractivity contribution in [1.29, 1.82) is 0 Å². The lowest BCUT2D eigenvalue weighted by Crippen LogP contribution is -2.29. The van der Waals surface area contributed by atoms with Gasteiger partial charge in [-0.15, -0.1) is 0 Å². The minimum Gasteiger partial charge on any atom is -0.481 e. The van der Waals surface area contributed by atoms with Crippen molar-refractivity contribution in [2.75, 3.05) is 20.3 Å². The normalized spacial score (nSPS) is 12.1. The first-order valence-electron chi connectivity index (χ1n) is 5.03. The summed E-state index contributed by atoms with van der Waals surface area (Å²) in [5, 5.41) is 11.2. The quantitative estimate of drug-likeness (QED) is 0.625. The van der Waals surface area contributed by atoms with E-state index in [1.807, 2.05) is 6.92 Å². The lowest BCUT2D eigenvalue weighted by atomic mass is 10.1. The zero-order valence-electron chi connectivity index (χ0n) is 9.28. The summed E-state index contributed by atoms with van der Waals surface area (Å²) in [6.45, 7) is 2.85. The number of carbonyl (C=O) groups is 2. The van der Waals surface area contributed by atoms with Crippen molar-refractivity contribution in [3.05, 3.63) is 0 Å². The van der Waals surface area contributed by atoms with Crippen molar-refractivity contribution in [1.82, 2.24) is 5.32 Å². The molecule has 5 heteroatoms. The van der Waals surface area contributed by atoms with Crippen LogP contribution < -0.4 is 5.32 Å². The molecule has 0 saturated carbocycles. The SMILES string of the molecule is COCCC(=O)NCC(C)CCC(=O)O. The second-order valence-electron chi connectivity index (χ2n) is 3.58. The molecule has 0 aliphatic carbocycles. The van der Waals surface area contributed by atoms with E-state index < -0.39 is 5.97 Å². The van der Waals surface area contributed by atoms with Gasteiger partial charge < -0.3 is 15.2 Å². The Hall–Kier alpha value is -1.10. The Morgan fingerprint density at radius 3 is 2.60 bits per heavy atom. The number of ether oxygens (including phenoxy) is 1. The summed E-state index contributed by atoms with van der Waals surface area (Å²) in [5.74, 6) is -0.667. The van der Waals surface area contributed by atoms with Crippen molar-refractivity contribution in [3.63, 3.8) is 0 Å². The maximum atomic E-state index is 11.1. The van der Waals surface area contributed by atoms with Crippen LogP contribution in [0.15, 0.2) is 0 Å². The van der Waals surface area contributed by atoms with E-state index in [1.165, 1.54) is 0 Å². The average molecular weight is 217 g/mol. The largest absolute Gasteiger partial charge is 0.481 e. The summed E-state index contributed by atoms with van der Waals surface area (Å²) in [6.07, 6.45) is 1.08. The monoisotopic (exact) mass is 217 g/mol. The van der Waals surface area contributed by atoms with Gasteiger partial charge in [0.25, 0.3) is 0 Å². The number of hydrogen-bond donors (Lipinski definition) is 2. The van der Waals surface area contributed by atoms with Gasteiger partial charge >= 0.3 is 5.97 Å². The molecule has 0 aliphatic rings. The number of nitrogens with one attached hydrogen (secondary N) is 1. The molecule has 0 aromatic heterocycles. The van der Waals surface area contributed by atoms with E-state index in [1.54, 1.807) is 7.11 Å². The van der Waals surface area contributed by atoms with Crippen LogP contribution in [-0.4, -0.2) is 37.2 Å². The molecule has 1 unspecified atom stereocenters. The minimum absolute atomic E-state index is 0.0565. The van der Waals surface area contributed by atoms with Crippen molar-refractivity contribution < 1.29 is 19.4 Å². The van der Waals surface area contributed by atoms with Gasteiger partial charge in [0.1, 0.15) is 0 Å². The van der Waals surface area contributed by atoms with Crippen LogP contribution in [0, 0.1) is 5.92 Å². The van der Waals surface area contributed by atoms with Crippen LogP contribution in [0.2, 0.25) is 0 Å². The zero-order chi connectivity index (χ0) is 11.7. The highest BCUT2D eigenvalue weighted by molar-refractivity contribution is 5.75. The van der Waals surface area contributed by atoms with Gasteiger partial charge in [0.15, 0.2) is 0 Å². The van der Waals surface area contributed by atoms with Gasteiger partial charge in [-0.3, -0.25) is 9.59 Å². The fourth-order valence-electron chi connectivity index (χ4n) is 1.04. The molecule has 5 nitrogen and oxygen atoms in total. The number of methoxy groups -OCH3 is 1. The second-order valence-corrected chi connectivity index (χ2v) is 3.58. The Bertz CT molecular complexity index is 206. The molecule has 0 radical (unpaired) electrons. The molecular weight excluding hydrogens is 198 g/mol. The van der Waals surface area contributed by atoms with E-state index >= 15 is 0 Å². The maximum Gasteiger partial charge on any atom is 0.303 e. The van der Waals surface area contributed by atoms with Gasteiger partial charge in [-0.25, -0.2) is 0 Å². The topological polar surface area (TPSA) is 75.6 Å². The molecule has 0 fully saturated rings. The zero-order valence-corrected chi connectivity index (χ0v) is 9.28. The van der Waals surface area contributed by atoms with Crippen LogP contribution in [0.1, 0.15) is 26.2 Å². The predicted molar refractivity (Wildman–Crippen MR) is 55.5 cm³/mol. The van der Waals surface area contributed by atoms with E-state index in [2.05, 4.69) is 5.32 Å². The molecule has 0 aromatic carbocycles. The Balaban J connectivity index is 3.48. The van der Waals surface area contributed by atoms with Crippen molar-refractivity contribution >= 4 is 11.9 Å². The summed E-state index contributed by atoms with van der Waals surface area (Å²) in [4.78, 5) is 21.4. The van der Waals surface area contributed by atoms with E-state index in [9.17, 15) is 9.59 Å². The summed E-state index contributed by atoms with van der Waals surface area (Å²) < 4.78 is 4.76. The van der Waals surface area contributed by atoms with Crippen molar-refractivity contribution in [2.45, 2.75) is 26.2 Å². The molecule has 0 spiro atoms. The van der Waals surface area contributed by atoms with E-state index in [0.717, 1.165) is 0 Å². The van der Waals surface area contributed by atoms with Gasteiger partial charge in [-0.05, 0) is 12.3 Å². The minimum atomic E-state index is -0.799. The van der Waals surface area contributed by atoms with Crippen molar-refractivity contribution in [2.24, 2.45) is 5.92 Å². The van der Waals surface area contributed by atoms with Crippen molar-refractivity contribution in [3.8, 4) is 0 Å². The third-order valence-corrected chi connectivity index (χ3v) is 2.03. The summed E-state index contributed by atoms with van der Waals surface area (Å²) in [7, 11) is 1.54. The van der Waals surface area contributed by atoms with Gasteiger partial charge in [-0.1, -0.05) is 6.92 Å². The summed E-state index contributed by atoms with van der Waals surface area (Å²) >= 11 is 0. The molecule has 0 saturated heterocycles. The highest BCUT2D eigenvalue weighted by Crippen LogP contribution is 2.03. The molecule has 0 aromatic rings. The third kappa shape index (κ3) is 9.21. The van der Waals surface area contributed by atoms with Gasteiger partial charge in [0, 0.05) is 26.5 Å². The third-order valence-electron chi connectivity index (χ3n) is 2.03. The highest BCUT2D eigenvalue weighted by Gasteiger charge is 2.07. The fourth-order valence-corrected chi connectivity index (χ4v) is 1.04. The van der Waals surface area contributed by atoms with Gasteiger partial charge in [0.05, 0.1) is 6.61 Å². The molecule has 1 amide bonds. The Morgan fingerprint density at radius 1 is 1.40 bits per heavy atom. The van der Waals surface area contributed by atoms with Crippen LogP contribution in [0.3, 0.4) is 0 Å². The first-order valence-corrected chi connectivity index (χ1v) is 5.03. The Kier molecular flexibility index (Phi) is 7.62. The Morgan fingerprint density at radius 2 is 2.07 bits per heavy atom. The van der Waals surface area contributed by atoms with Crippen LogP contribution in [0.4, 0.5) is 0 Å². The van der Waals surface area contributed by atoms with Crippen LogP contribution in [0.5, 0.6) is 0 Å². The summed E-state index contributed by atoms with van der Waals surface area (Å²) in [6, 6.07) is 0. The standard InChI is InChI=1S/C10H19NO4/c1-8(3-4-10(13)14)7-11-9(12)5-6-15-2/h8H,3-7H2,1-2H3,(H,11,12)(H,13,14). The first-order chi connectivity index (χ1) is 7.06. The van der Waals surface area contributed by atoms with E-state index in [0.29, 0.717) is 26.0 Å². The first kappa shape index (κ1) is 13.9. The molecule has 0 bridgehead atoms. The molecule has 0 aliphatic heterocycles. The molecule has 88 valence electrons. The number of hydrogen-bond acceptors (Lipinski definition) is 3. The average Bonchev–Trinajstić information content (AvgIpc) is 2.20. The molecule has 0 heterocycles. The fraction of sp³-hybridized carbons (Fsp3) is 0.800. The number of rotatable bonds is 8. The predicted octanol–water partition coefficient (Wildman–Crippen LogP) is 0.640. The second kappa shape index (κ2) is 8.23. The number of carbonyl (C=O) groups excluding carboxylic acids is 1. The number of carboxylic acids is 1. The maximum absolute atomic E-state index is 11.1. The lowest BCUT2D eigenvalue weighted by molar-refractivity contribution is -0.137. The lowest BCUT2D eigenvalue weighted by Gasteiger charge is -2.11. The number of carboxylic acid groups (broad SMARTS) is 1. The van der Waals surface area contributed by atoms with Crippen LogP contribution in [0.25, 0.3) is 0 Å². The summed E-state index contributed by atoms with van der Waals surface area (Å²) in [5.41, 5.74) is 0. The molecular formula is C10H19NO4. The highest BCUT2D eigenvalue weighted by atomic mass is 16.5. The van der Waals surface area contributed by atoms with E-state index in [4.69, 9.17) is 9.84 Å². The van der Waals surface area contributed by atoms with E-state index in [-0.39, 0.29) is 18.2 Å². The van der Waals surface area contributed by atoms with Gasteiger partial charge in [0.2, 0.25) is 5.91 Å². The smallest absolute Gasteiger partial charge is 0.303 e. The van der Waals surface area contributed by atoms with Gasteiger partial charge in [-0.2, -0.15) is 0 Å². The number of aliphatic carboxylic acids is 1. The molecule has 1 atom stereocenters. The molecule has 2 N–H and O–H groups in total. The Labute approximate surface area is 89.8 Å².